The van der Waals surface area contributed by atoms with Gasteiger partial charge in [-0.1, -0.05) is 115 Å². The first-order valence-corrected chi connectivity index (χ1v) is 12.7. The number of benzene rings is 6. The molecule has 0 aromatic heterocycles. The summed E-state index contributed by atoms with van der Waals surface area (Å²) in [4.78, 5) is 4.89. The maximum atomic E-state index is 4.89. The second-order valence-electron chi connectivity index (χ2n) is 9.86. The third-order valence-corrected chi connectivity index (χ3v) is 8.01. The van der Waals surface area contributed by atoms with Gasteiger partial charge in [0, 0.05) is 17.7 Å². The molecule has 2 aliphatic rings. The van der Waals surface area contributed by atoms with Gasteiger partial charge in [0.15, 0.2) is 0 Å². The highest BCUT2D eigenvalue weighted by atomic mass is 14.7. The Morgan fingerprint density at radius 2 is 1.22 bits per heavy atom. The van der Waals surface area contributed by atoms with Crippen LogP contribution < -0.4 is 0 Å². The topological polar surface area (TPSA) is 12.4 Å². The summed E-state index contributed by atoms with van der Waals surface area (Å²) in [5, 5.41) is 7.89. The van der Waals surface area contributed by atoms with Gasteiger partial charge in [0.1, 0.15) is 0 Å². The van der Waals surface area contributed by atoms with Crippen LogP contribution in [0.3, 0.4) is 0 Å². The molecule has 168 valence electrons. The van der Waals surface area contributed by atoms with Crippen LogP contribution in [0.1, 0.15) is 23.5 Å². The Balaban J connectivity index is 1.38. The molecule has 1 heteroatoms. The van der Waals surface area contributed by atoms with Crippen LogP contribution in [-0.2, 0) is 0 Å². The largest absolute Gasteiger partial charge is 0.260 e. The van der Waals surface area contributed by atoms with E-state index in [0.29, 0.717) is 5.92 Å². The SMILES string of the molecule is C1=CN=C2c3c4ccccc4c(-c4ccc(-c5cccc6ccccc56)cc4)c4cccc(c34)C2C1. The molecule has 0 amide bonds. The monoisotopic (exact) mass is 457 g/mol. The van der Waals surface area contributed by atoms with E-state index < -0.39 is 0 Å². The van der Waals surface area contributed by atoms with Crippen molar-refractivity contribution in [3.63, 3.8) is 0 Å². The van der Waals surface area contributed by atoms with Crippen LogP contribution in [0, 0.1) is 0 Å². The fourth-order valence-electron chi connectivity index (χ4n) is 6.46. The third kappa shape index (κ3) is 2.69. The van der Waals surface area contributed by atoms with Crippen LogP contribution in [0.4, 0.5) is 0 Å². The predicted octanol–water partition coefficient (Wildman–Crippen LogP) is 9.28. The van der Waals surface area contributed by atoms with Gasteiger partial charge in [-0.05, 0) is 66.6 Å². The van der Waals surface area contributed by atoms with Crippen molar-refractivity contribution in [1.29, 1.82) is 0 Å². The summed E-state index contributed by atoms with van der Waals surface area (Å²) in [5.41, 5.74) is 9.10. The smallest absolute Gasteiger partial charge is 0.0566 e. The lowest BCUT2D eigenvalue weighted by Crippen LogP contribution is -2.09. The van der Waals surface area contributed by atoms with Crippen molar-refractivity contribution in [1.82, 2.24) is 0 Å². The highest BCUT2D eigenvalue weighted by molar-refractivity contribution is 6.31. The summed E-state index contributed by atoms with van der Waals surface area (Å²) in [7, 11) is 0. The van der Waals surface area contributed by atoms with Crippen LogP contribution in [0.5, 0.6) is 0 Å². The molecule has 1 nitrogen and oxygen atoms in total. The number of fused-ring (bicyclic) bond motifs is 6. The molecule has 0 N–H and O–H groups in total. The first kappa shape index (κ1) is 19.8. The minimum absolute atomic E-state index is 0.362. The number of rotatable bonds is 2. The summed E-state index contributed by atoms with van der Waals surface area (Å²) >= 11 is 0. The van der Waals surface area contributed by atoms with Gasteiger partial charge < -0.3 is 0 Å². The zero-order valence-electron chi connectivity index (χ0n) is 19.8. The first-order valence-electron chi connectivity index (χ1n) is 12.7. The maximum absolute atomic E-state index is 4.89. The number of hydrogen-bond acceptors (Lipinski definition) is 1. The fourth-order valence-corrected chi connectivity index (χ4v) is 6.46. The average molecular weight is 458 g/mol. The number of nitrogens with zero attached hydrogens (tertiary/aromatic N) is 1. The molecule has 6 aromatic rings. The molecule has 0 bridgehead atoms. The molecule has 0 saturated heterocycles. The van der Waals surface area contributed by atoms with E-state index >= 15 is 0 Å². The van der Waals surface area contributed by atoms with E-state index in [0.717, 1.165) is 6.42 Å². The molecule has 0 fully saturated rings. The van der Waals surface area contributed by atoms with Crippen LogP contribution >= 0.6 is 0 Å². The minimum Gasteiger partial charge on any atom is -0.260 e. The van der Waals surface area contributed by atoms with Gasteiger partial charge in [0.25, 0.3) is 0 Å². The normalized spacial score (nSPS) is 16.0. The van der Waals surface area contributed by atoms with E-state index in [9.17, 15) is 0 Å². The second kappa shape index (κ2) is 7.50. The van der Waals surface area contributed by atoms with Crippen molar-refractivity contribution in [2.75, 3.05) is 0 Å². The van der Waals surface area contributed by atoms with Gasteiger partial charge in [0.2, 0.25) is 0 Å². The minimum atomic E-state index is 0.362. The molecule has 36 heavy (non-hydrogen) atoms. The quantitative estimate of drug-likeness (QED) is 0.230. The summed E-state index contributed by atoms with van der Waals surface area (Å²) < 4.78 is 0. The summed E-state index contributed by atoms with van der Waals surface area (Å²) in [6.07, 6.45) is 5.21. The molecule has 0 spiro atoms. The number of hydrogen-bond donors (Lipinski definition) is 0. The van der Waals surface area contributed by atoms with Crippen LogP contribution in [0.25, 0.3) is 54.6 Å². The molecule has 6 aromatic carbocycles. The lowest BCUT2D eigenvalue weighted by Gasteiger charge is -2.16. The highest BCUT2D eigenvalue weighted by Crippen LogP contribution is 2.49. The van der Waals surface area contributed by atoms with E-state index in [-0.39, 0.29) is 0 Å². The van der Waals surface area contributed by atoms with E-state index in [1.54, 1.807) is 0 Å². The fraction of sp³-hybridized carbons (Fsp3) is 0.0571. The molecule has 1 heterocycles. The highest BCUT2D eigenvalue weighted by Gasteiger charge is 2.33. The van der Waals surface area contributed by atoms with Gasteiger partial charge >= 0.3 is 0 Å². The van der Waals surface area contributed by atoms with Gasteiger partial charge in [0.05, 0.1) is 5.71 Å². The van der Waals surface area contributed by atoms with Crippen molar-refractivity contribution in [3.8, 4) is 22.3 Å². The zero-order valence-corrected chi connectivity index (χ0v) is 19.8. The maximum Gasteiger partial charge on any atom is 0.0566 e. The zero-order chi connectivity index (χ0) is 23.6. The van der Waals surface area contributed by atoms with Crippen molar-refractivity contribution < 1.29 is 0 Å². The molecular weight excluding hydrogens is 434 g/mol. The molecular formula is C35H23N. The van der Waals surface area contributed by atoms with Crippen molar-refractivity contribution in [2.24, 2.45) is 4.99 Å². The summed E-state index contributed by atoms with van der Waals surface area (Å²) in [6, 6.07) is 40.1. The summed E-state index contributed by atoms with van der Waals surface area (Å²) in [6.45, 7) is 0. The second-order valence-corrected chi connectivity index (χ2v) is 9.86. The molecule has 1 atom stereocenters. The van der Waals surface area contributed by atoms with Gasteiger partial charge in [-0.15, -0.1) is 0 Å². The Hall–Kier alpha value is -4.49. The van der Waals surface area contributed by atoms with Crippen LogP contribution in [-0.4, -0.2) is 5.71 Å². The van der Waals surface area contributed by atoms with Gasteiger partial charge in [-0.25, -0.2) is 0 Å². The number of allylic oxidation sites excluding steroid dienone is 1. The molecule has 0 radical (unpaired) electrons. The van der Waals surface area contributed by atoms with E-state index in [4.69, 9.17) is 4.99 Å². The number of aliphatic imine (C=N–C) groups is 1. The predicted molar refractivity (Wildman–Crippen MR) is 153 cm³/mol. The van der Waals surface area contributed by atoms with Crippen molar-refractivity contribution >= 4 is 38.0 Å². The summed E-state index contributed by atoms with van der Waals surface area (Å²) in [5.74, 6) is 0.362. The van der Waals surface area contributed by atoms with Crippen molar-refractivity contribution in [2.45, 2.75) is 12.3 Å². The average Bonchev–Trinajstić information content (AvgIpc) is 3.29. The molecule has 0 saturated carbocycles. The molecule has 8 rings (SSSR count). The van der Waals surface area contributed by atoms with E-state index in [1.165, 1.54) is 71.4 Å². The molecule has 1 aliphatic heterocycles. The third-order valence-electron chi connectivity index (χ3n) is 8.01. The first-order chi connectivity index (χ1) is 17.9. The van der Waals surface area contributed by atoms with Gasteiger partial charge in [-0.3, -0.25) is 4.99 Å². The lowest BCUT2D eigenvalue weighted by atomic mass is 9.88. The Bertz CT molecular complexity index is 1900. The van der Waals surface area contributed by atoms with Crippen molar-refractivity contribution in [3.05, 3.63) is 133 Å². The Morgan fingerprint density at radius 3 is 2.08 bits per heavy atom. The van der Waals surface area contributed by atoms with Crippen LogP contribution in [0.2, 0.25) is 0 Å². The lowest BCUT2D eigenvalue weighted by molar-refractivity contribution is 0.912. The van der Waals surface area contributed by atoms with E-state index in [2.05, 4.69) is 115 Å². The van der Waals surface area contributed by atoms with Gasteiger partial charge in [-0.2, -0.15) is 0 Å². The molecule has 1 unspecified atom stereocenters. The van der Waals surface area contributed by atoms with E-state index in [1.807, 2.05) is 6.20 Å². The molecule has 1 aliphatic carbocycles. The Labute approximate surface area is 210 Å². The van der Waals surface area contributed by atoms with Crippen LogP contribution in [0.15, 0.2) is 126 Å². The Kier molecular flexibility index (Phi) is 4.12. The standard InChI is InChI=1S/C35H23N/c1-2-10-25-22(8-1)9-5-13-26(25)23-17-19-24(20-18-23)32-27-11-3-4-12-28(27)34-33-29(14-6-15-31(32)33)30-16-7-21-36-35(30)34/h1-15,17-21,30H,16H2. The Morgan fingerprint density at radius 1 is 0.556 bits per heavy atom.